The highest BCUT2D eigenvalue weighted by Gasteiger charge is 2.11. The van der Waals surface area contributed by atoms with Crippen LogP contribution in [0.3, 0.4) is 0 Å². The van der Waals surface area contributed by atoms with E-state index in [1.165, 1.54) is 51.4 Å². The van der Waals surface area contributed by atoms with E-state index in [-0.39, 0.29) is 0 Å². The molecule has 1 aliphatic carbocycles. The monoisotopic (exact) mass is 168 g/mol. The molecule has 0 bridgehead atoms. The molecule has 71 valence electrons. The lowest BCUT2D eigenvalue weighted by Crippen LogP contribution is -2.02. The van der Waals surface area contributed by atoms with E-state index >= 15 is 0 Å². The zero-order valence-electron chi connectivity index (χ0n) is 8.10. The summed E-state index contributed by atoms with van der Waals surface area (Å²) in [6, 6.07) is 0. The quantitative estimate of drug-likeness (QED) is 0.507. The van der Waals surface area contributed by atoms with Crippen molar-refractivity contribution in [1.29, 1.82) is 0 Å². The third kappa shape index (κ3) is 4.10. The SMILES string of the molecule is NCCCCC1C[CH]CCCC1. The average molecular weight is 168 g/mol. The Morgan fingerprint density at radius 1 is 1.25 bits per heavy atom. The minimum absolute atomic E-state index is 0.871. The van der Waals surface area contributed by atoms with Crippen molar-refractivity contribution in [3.63, 3.8) is 0 Å². The van der Waals surface area contributed by atoms with E-state index in [2.05, 4.69) is 6.42 Å². The van der Waals surface area contributed by atoms with Gasteiger partial charge in [-0.2, -0.15) is 0 Å². The van der Waals surface area contributed by atoms with E-state index in [4.69, 9.17) is 5.73 Å². The Bertz CT molecular complexity index is 93.2. The molecule has 0 amide bonds. The summed E-state index contributed by atoms with van der Waals surface area (Å²) in [4.78, 5) is 0. The van der Waals surface area contributed by atoms with Gasteiger partial charge < -0.3 is 5.73 Å². The van der Waals surface area contributed by atoms with Crippen LogP contribution in [0.2, 0.25) is 0 Å². The van der Waals surface area contributed by atoms with Crippen molar-refractivity contribution in [2.45, 2.75) is 51.4 Å². The second-order valence-electron chi connectivity index (χ2n) is 3.96. The van der Waals surface area contributed by atoms with Gasteiger partial charge in [-0.05, 0) is 31.7 Å². The molecule has 1 unspecified atom stereocenters. The first-order valence-electron chi connectivity index (χ1n) is 5.45. The molecular weight excluding hydrogens is 146 g/mol. The smallest absolute Gasteiger partial charge is 0.00773 e. The van der Waals surface area contributed by atoms with Gasteiger partial charge in [-0.25, -0.2) is 0 Å². The summed E-state index contributed by atoms with van der Waals surface area (Å²) in [5.41, 5.74) is 5.47. The van der Waals surface area contributed by atoms with Crippen LogP contribution in [0, 0.1) is 12.3 Å². The van der Waals surface area contributed by atoms with Crippen molar-refractivity contribution in [2.75, 3.05) is 6.54 Å². The Balaban J connectivity index is 2.04. The van der Waals surface area contributed by atoms with Gasteiger partial charge in [0.1, 0.15) is 0 Å². The van der Waals surface area contributed by atoms with Gasteiger partial charge >= 0.3 is 0 Å². The summed E-state index contributed by atoms with van der Waals surface area (Å²) in [7, 11) is 0. The van der Waals surface area contributed by atoms with Crippen LogP contribution in [0.15, 0.2) is 0 Å². The third-order valence-corrected chi connectivity index (χ3v) is 2.84. The summed E-state index contributed by atoms with van der Waals surface area (Å²) in [5.74, 6) is 0.985. The van der Waals surface area contributed by atoms with Gasteiger partial charge in [0.05, 0.1) is 0 Å². The van der Waals surface area contributed by atoms with E-state index in [9.17, 15) is 0 Å². The molecule has 12 heavy (non-hydrogen) atoms. The lowest BCUT2D eigenvalue weighted by molar-refractivity contribution is 0.430. The average Bonchev–Trinajstić information content (AvgIpc) is 2.33. The minimum atomic E-state index is 0.871. The number of hydrogen-bond donors (Lipinski definition) is 1. The van der Waals surface area contributed by atoms with Crippen molar-refractivity contribution < 1.29 is 0 Å². The van der Waals surface area contributed by atoms with Gasteiger partial charge in [-0.1, -0.05) is 38.5 Å². The van der Waals surface area contributed by atoms with Crippen LogP contribution in [-0.2, 0) is 0 Å². The number of rotatable bonds is 4. The maximum absolute atomic E-state index is 5.47. The Kier molecular flexibility index (Phi) is 5.42. The number of unbranched alkanes of at least 4 members (excludes halogenated alkanes) is 1. The first-order valence-corrected chi connectivity index (χ1v) is 5.45. The van der Waals surface area contributed by atoms with Crippen LogP contribution in [0.5, 0.6) is 0 Å². The van der Waals surface area contributed by atoms with Crippen LogP contribution >= 0.6 is 0 Å². The summed E-state index contributed by atoms with van der Waals surface area (Å²) >= 11 is 0. The highest BCUT2D eigenvalue weighted by atomic mass is 14.5. The Hall–Kier alpha value is -0.0400. The van der Waals surface area contributed by atoms with Gasteiger partial charge in [0.25, 0.3) is 0 Å². The Labute approximate surface area is 76.7 Å². The van der Waals surface area contributed by atoms with Gasteiger partial charge in [0, 0.05) is 0 Å². The van der Waals surface area contributed by atoms with Gasteiger partial charge in [-0.15, -0.1) is 0 Å². The maximum atomic E-state index is 5.47. The Morgan fingerprint density at radius 3 is 3.00 bits per heavy atom. The van der Waals surface area contributed by atoms with Crippen LogP contribution < -0.4 is 5.73 Å². The second-order valence-corrected chi connectivity index (χ2v) is 3.96. The first kappa shape index (κ1) is 10.0. The van der Waals surface area contributed by atoms with E-state index in [0.29, 0.717) is 0 Å². The highest BCUT2D eigenvalue weighted by Crippen LogP contribution is 2.25. The van der Waals surface area contributed by atoms with E-state index in [1.54, 1.807) is 0 Å². The predicted molar refractivity (Wildman–Crippen MR) is 53.8 cm³/mol. The number of nitrogens with two attached hydrogens (primary N) is 1. The zero-order chi connectivity index (χ0) is 8.65. The highest BCUT2D eigenvalue weighted by molar-refractivity contribution is 4.75. The molecule has 0 saturated heterocycles. The third-order valence-electron chi connectivity index (χ3n) is 2.84. The van der Waals surface area contributed by atoms with E-state index in [1.807, 2.05) is 0 Å². The molecule has 1 radical (unpaired) electrons. The molecule has 0 aromatic carbocycles. The van der Waals surface area contributed by atoms with Gasteiger partial charge in [0.2, 0.25) is 0 Å². The summed E-state index contributed by atoms with van der Waals surface area (Å²) in [6.07, 6.45) is 13.5. The number of hydrogen-bond acceptors (Lipinski definition) is 1. The van der Waals surface area contributed by atoms with Crippen LogP contribution in [-0.4, -0.2) is 6.54 Å². The summed E-state index contributed by atoms with van der Waals surface area (Å²) < 4.78 is 0. The lowest BCUT2D eigenvalue weighted by Gasteiger charge is -2.12. The standard InChI is InChI=1S/C11H22N/c12-10-6-5-9-11-7-3-1-2-4-8-11/h3,11H,1-2,4-10,12H2. The molecule has 1 saturated carbocycles. The molecular formula is C11H22N. The zero-order valence-corrected chi connectivity index (χ0v) is 8.10. The van der Waals surface area contributed by atoms with Gasteiger partial charge in [-0.3, -0.25) is 0 Å². The molecule has 1 nitrogen and oxygen atoms in total. The molecule has 0 spiro atoms. The predicted octanol–water partition coefficient (Wildman–Crippen LogP) is 2.90. The van der Waals surface area contributed by atoms with E-state index in [0.717, 1.165) is 12.5 Å². The first-order chi connectivity index (χ1) is 5.93. The van der Waals surface area contributed by atoms with E-state index < -0.39 is 0 Å². The maximum Gasteiger partial charge on any atom is -0.00773 e. The topological polar surface area (TPSA) is 26.0 Å². The molecule has 0 heterocycles. The fourth-order valence-electron chi connectivity index (χ4n) is 2.03. The molecule has 2 N–H and O–H groups in total. The minimum Gasteiger partial charge on any atom is -0.330 e. The normalized spacial score (nSPS) is 20.8. The molecule has 0 aromatic heterocycles. The van der Waals surface area contributed by atoms with Crippen molar-refractivity contribution in [3.8, 4) is 0 Å². The Morgan fingerprint density at radius 2 is 2.17 bits per heavy atom. The van der Waals surface area contributed by atoms with Crippen molar-refractivity contribution >= 4 is 0 Å². The van der Waals surface area contributed by atoms with Crippen LogP contribution in [0.4, 0.5) is 0 Å². The lowest BCUT2D eigenvalue weighted by atomic mass is 9.94. The molecule has 0 aromatic rings. The molecule has 1 fully saturated rings. The largest absolute Gasteiger partial charge is 0.330 e. The van der Waals surface area contributed by atoms with Crippen LogP contribution in [0.25, 0.3) is 0 Å². The summed E-state index contributed by atoms with van der Waals surface area (Å²) in [5, 5.41) is 0. The molecule has 1 aliphatic rings. The fourth-order valence-corrected chi connectivity index (χ4v) is 2.03. The van der Waals surface area contributed by atoms with Crippen molar-refractivity contribution in [1.82, 2.24) is 0 Å². The van der Waals surface area contributed by atoms with Crippen molar-refractivity contribution in [2.24, 2.45) is 11.7 Å². The molecule has 0 aliphatic heterocycles. The van der Waals surface area contributed by atoms with Crippen molar-refractivity contribution in [3.05, 3.63) is 6.42 Å². The van der Waals surface area contributed by atoms with Gasteiger partial charge in [0.15, 0.2) is 0 Å². The fraction of sp³-hybridized carbons (Fsp3) is 0.909. The molecule has 1 atom stereocenters. The van der Waals surface area contributed by atoms with Crippen LogP contribution in [0.1, 0.15) is 51.4 Å². The second kappa shape index (κ2) is 6.47. The molecule has 1 heteroatoms. The molecule has 1 rings (SSSR count). The summed E-state index contributed by atoms with van der Waals surface area (Å²) in [6.45, 7) is 0.871.